The van der Waals surface area contributed by atoms with Crippen LogP contribution in [-0.4, -0.2) is 0 Å². The molecule has 0 unspecified atom stereocenters. The van der Waals surface area contributed by atoms with Gasteiger partial charge in [0.1, 0.15) is 0 Å². The summed E-state index contributed by atoms with van der Waals surface area (Å²) < 4.78 is 0. The van der Waals surface area contributed by atoms with Crippen molar-refractivity contribution >= 4 is 0 Å². The second kappa shape index (κ2) is 2.87. The summed E-state index contributed by atoms with van der Waals surface area (Å²) in [5.41, 5.74) is 3.92. The maximum Gasteiger partial charge on any atom is -0.0235 e. The first-order chi connectivity index (χ1) is 4.75. The minimum absolute atomic E-state index is 1.09. The zero-order chi connectivity index (χ0) is 7.56. The molecule has 0 aliphatic carbocycles. The second-order valence-electron chi connectivity index (χ2n) is 2.57. The third-order valence-corrected chi connectivity index (χ3v) is 1.86. The predicted molar refractivity (Wildman–Crippen MR) is 45.0 cm³/mol. The lowest BCUT2D eigenvalue weighted by Gasteiger charge is -2.04. The first-order valence-electron chi connectivity index (χ1n) is 3.66. The Labute approximate surface area is 62.9 Å². The van der Waals surface area contributed by atoms with Crippen LogP contribution >= 0.6 is 0 Å². The third-order valence-electron chi connectivity index (χ3n) is 1.86. The lowest BCUT2D eigenvalue weighted by molar-refractivity contribution is 1.10. The van der Waals surface area contributed by atoms with Crippen molar-refractivity contribution in [1.29, 1.82) is 0 Å². The number of rotatable bonds is 1. The quantitative estimate of drug-likeness (QED) is 0.552. The monoisotopic (exact) mass is 133 g/mol. The van der Waals surface area contributed by atoms with Crippen molar-refractivity contribution in [2.24, 2.45) is 0 Å². The lowest BCUT2D eigenvalue weighted by Crippen LogP contribution is -1.89. The van der Waals surface area contributed by atoms with Crippen LogP contribution in [0.25, 0.3) is 0 Å². The molecule has 0 saturated carbocycles. The summed E-state index contributed by atoms with van der Waals surface area (Å²) in [6.07, 6.45) is 1.09. The van der Waals surface area contributed by atoms with E-state index in [1.165, 1.54) is 16.7 Å². The zero-order valence-electron chi connectivity index (χ0n) is 6.65. The molecule has 0 spiro atoms. The van der Waals surface area contributed by atoms with Gasteiger partial charge in [0.05, 0.1) is 0 Å². The summed E-state index contributed by atoms with van der Waals surface area (Å²) in [5.74, 6) is 0. The molecule has 0 heterocycles. The summed E-state index contributed by atoms with van der Waals surface area (Å²) >= 11 is 0. The zero-order valence-corrected chi connectivity index (χ0v) is 6.65. The van der Waals surface area contributed by atoms with E-state index in [1.807, 2.05) is 0 Å². The molecule has 1 aromatic rings. The fourth-order valence-electron chi connectivity index (χ4n) is 1.27. The van der Waals surface area contributed by atoms with Crippen molar-refractivity contribution in [3.05, 3.63) is 41.8 Å². The van der Waals surface area contributed by atoms with Gasteiger partial charge in [0.15, 0.2) is 0 Å². The maximum absolute atomic E-state index is 3.95. The first-order valence-corrected chi connectivity index (χ1v) is 3.66. The molecule has 53 valence electrons. The predicted octanol–water partition coefficient (Wildman–Crippen LogP) is 2.74. The van der Waals surface area contributed by atoms with Gasteiger partial charge < -0.3 is 0 Å². The van der Waals surface area contributed by atoms with Crippen LogP contribution in [0.3, 0.4) is 0 Å². The average Bonchev–Trinajstić information content (AvgIpc) is 1.88. The van der Waals surface area contributed by atoms with E-state index in [0.29, 0.717) is 0 Å². The Bertz CT molecular complexity index is 203. The van der Waals surface area contributed by atoms with Crippen LogP contribution in [0.2, 0.25) is 0 Å². The van der Waals surface area contributed by atoms with Gasteiger partial charge in [-0.1, -0.05) is 25.1 Å². The molecule has 0 nitrogen and oxygen atoms in total. The van der Waals surface area contributed by atoms with Crippen molar-refractivity contribution < 1.29 is 0 Å². The third kappa shape index (κ3) is 1.21. The van der Waals surface area contributed by atoms with Gasteiger partial charge in [0.25, 0.3) is 0 Å². The number of aryl methyl sites for hydroxylation is 1. The highest BCUT2D eigenvalue weighted by molar-refractivity contribution is 5.35. The minimum Gasteiger partial charge on any atom is -0.0617 e. The van der Waals surface area contributed by atoms with Crippen LogP contribution in [0.5, 0.6) is 0 Å². The summed E-state index contributed by atoms with van der Waals surface area (Å²) in [4.78, 5) is 0. The molecule has 0 aromatic heterocycles. The van der Waals surface area contributed by atoms with Gasteiger partial charge in [-0.05, 0) is 37.0 Å². The fourth-order valence-corrected chi connectivity index (χ4v) is 1.27. The smallest absolute Gasteiger partial charge is 0.0235 e. The molecule has 0 amide bonds. The van der Waals surface area contributed by atoms with Gasteiger partial charge in [-0.25, -0.2) is 0 Å². The largest absolute Gasteiger partial charge is 0.0617 e. The Balaban J connectivity index is 3.17. The minimum atomic E-state index is 1.09. The molecular weight excluding hydrogens is 120 g/mol. The Morgan fingerprint density at radius 2 is 2.10 bits per heavy atom. The van der Waals surface area contributed by atoms with Gasteiger partial charge in [-0.15, -0.1) is 0 Å². The van der Waals surface area contributed by atoms with Gasteiger partial charge in [-0.2, -0.15) is 0 Å². The number of hydrogen-bond donors (Lipinski definition) is 0. The SMILES string of the molecule is [CH2]c1cccc(C)c1CC. The molecule has 0 bridgehead atoms. The molecule has 0 aliphatic heterocycles. The van der Waals surface area contributed by atoms with E-state index in [4.69, 9.17) is 0 Å². The molecule has 0 fully saturated rings. The second-order valence-corrected chi connectivity index (χ2v) is 2.57. The maximum atomic E-state index is 3.95. The van der Waals surface area contributed by atoms with Crippen LogP contribution < -0.4 is 0 Å². The molecule has 0 N–H and O–H groups in total. The summed E-state index contributed by atoms with van der Waals surface area (Å²) in [5, 5.41) is 0. The summed E-state index contributed by atoms with van der Waals surface area (Å²) in [6.45, 7) is 8.25. The van der Waals surface area contributed by atoms with Crippen LogP contribution in [0.15, 0.2) is 18.2 Å². The Hall–Kier alpha value is -0.780. The van der Waals surface area contributed by atoms with Crippen LogP contribution in [-0.2, 0) is 6.42 Å². The Morgan fingerprint density at radius 3 is 2.50 bits per heavy atom. The summed E-state index contributed by atoms with van der Waals surface area (Å²) in [7, 11) is 0. The number of hydrogen-bond acceptors (Lipinski definition) is 0. The van der Waals surface area contributed by atoms with E-state index >= 15 is 0 Å². The van der Waals surface area contributed by atoms with Gasteiger partial charge in [0.2, 0.25) is 0 Å². The normalized spacial score (nSPS) is 9.90. The van der Waals surface area contributed by atoms with E-state index in [9.17, 15) is 0 Å². The van der Waals surface area contributed by atoms with Crippen LogP contribution in [0, 0.1) is 13.8 Å². The Morgan fingerprint density at radius 1 is 1.40 bits per heavy atom. The molecule has 0 aliphatic rings. The van der Waals surface area contributed by atoms with Gasteiger partial charge in [-0.3, -0.25) is 0 Å². The van der Waals surface area contributed by atoms with Crippen LogP contribution in [0.4, 0.5) is 0 Å². The van der Waals surface area contributed by atoms with Crippen molar-refractivity contribution in [3.8, 4) is 0 Å². The first kappa shape index (κ1) is 7.33. The highest BCUT2D eigenvalue weighted by atomic mass is 14.0. The van der Waals surface area contributed by atoms with Crippen molar-refractivity contribution in [2.45, 2.75) is 20.3 Å². The summed E-state index contributed by atoms with van der Waals surface area (Å²) in [6, 6.07) is 6.25. The van der Waals surface area contributed by atoms with E-state index < -0.39 is 0 Å². The highest BCUT2D eigenvalue weighted by Crippen LogP contribution is 2.12. The fraction of sp³-hybridized carbons (Fsp3) is 0.300. The van der Waals surface area contributed by atoms with E-state index in [0.717, 1.165) is 6.42 Å². The van der Waals surface area contributed by atoms with E-state index in [2.05, 4.69) is 39.0 Å². The standard InChI is InChI=1S/C10H13/c1-4-10-8(2)6-5-7-9(10)3/h5-7H,2,4H2,1,3H3. The van der Waals surface area contributed by atoms with E-state index in [1.54, 1.807) is 0 Å². The number of benzene rings is 1. The van der Waals surface area contributed by atoms with Crippen LogP contribution in [0.1, 0.15) is 23.6 Å². The highest BCUT2D eigenvalue weighted by Gasteiger charge is 1.96. The van der Waals surface area contributed by atoms with Crippen molar-refractivity contribution in [1.82, 2.24) is 0 Å². The molecule has 0 saturated heterocycles. The van der Waals surface area contributed by atoms with E-state index in [-0.39, 0.29) is 0 Å². The van der Waals surface area contributed by atoms with Crippen molar-refractivity contribution in [3.63, 3.8) is 0 Å². The molecular formula is C10H13. The Kier molecular flexibility index (Phi) is 2.10. The topological polar surface area (TPSA) is 0 Å². The molecule has 1 rings (SSSR count). The molecule has 1 aromatic carbocycles. The molecule has 1 radical (unpaired) electrons. The van der Waals surface area contributed by atoms with Gasteiger partial charge >= 0.3 is 0 Å². The molecule has 0 heteroatoms. The lowest BCUT2D eigenvalue weighted by atomic mass is 10.0. The molecule has 0 atom stereocenters. The van der Waals surface area contributed by atoms with Gasteiger partial charge in [0, 0.05) is 0 Å². The average molecular weight is 133 g/mol. The molecule has 10 heavy (non-hydrogen) atoms. The van der Waals surface area contributed by atoms with Crippen molar-refractivity contribution in [2.75, 3.05) is 0 Å².